The summed E-state index contributed by atoms with van der Waals surface area (Å²) in [5, 5.41) is 3.27. The van der Waals surface area contributed by atoms with E-state index < -0.39 is 0 Å². The number of hydrogen-bond acceptors (Lipinski definition) is 4. The largest absolute Gasteiger partial charge is 0.491 e. The second kappa shape index (κ2) is 6.29. The molecule has 0 bridgehead atoms. The van der Waals surface area contributed by atoms with Crippen LogP contribution in [0, 0.1) is 0 Å². The Morgan fingerprint density at radius 1 is 1.21 bits per heavy atom. The highest BCUT2D eigenvalue weighted by molar-refractivity contribution is 5.34. The second-order valence-electron chi connectivity index (χ2n) is 4.60. The Morgan fingerprint density at radius 3 is 2.68 bits per heavy atom. The summed E-state index contributed by atoms with van der Waals surface area (Å²) in [6.07, 6.45) is 3.48. The first-order valence-corrected chi connectivity index (χ1v) is 6.40. The van der Waals surface area contributed by atoms with Gasteiger partial charge in [-0.3, -0.25) is 0 Å². The van der Waals surface area contributed by atoms with Gasteiger partial charge in [0.05, 0.1) is 17.8 Å². The number of hydrogen-bond donors (Lipinski definition) is 1. The maximum atomic E-state index is 5.72. The van der Waals surface area contributed by atoms with Gasteiger partial charge in [-0.25, -0.2) is 9.97 Å². The highest BCUT2D eigenvalue weighted by Gasteiger charge is 2.13. The summed E-state index contributed by atoms with van der Waals surface area (Å²) in [5.74, 6) is 0.877. The number of benzene rings is 1. The van der Waals surface area contributed by atoms with Crippen molar-refractivity contribution in [3.63, 3.8) is 0 Å². The van der Waals surface area contributed by atoms with E-state index in [0.717, 1.165) is 17.0 Å². The Bertz CT molecular complexity index is 514. The third-order valence-electron chi connectivity index (χ3n) is 2.75. The Labute approximate surface area is 113 Å². The van der Waals surface area contributed by atoms with Crippen molar-refractivity contribution < 1.29 is 4.74 Å². The molecule has 1 atom stereocenters. The minimum atomic E-state index is 0.0405. The van der Waals surface area contributed by atoms with E-state index >= 15 is 0 Å². The zero-order valence-corrected chi connectivity index (χ0v) is 11.5. The highest BCUT2D eigenvalue weighted by Crippen LogP contribution is 2.23. The molecule has 0 spiro atoms. The molecular weight excluding hydrogens is 238 g/mol. The smallest absolute Gasteiger partial charge is 0.120 e. The predicted octanol–water partition coefficient (Wildman–Crippen LogP) is 2.57. The monoisotopic (exact) mass is 257 g/mol. The van der Waals surface area contributed by atoms with E-state index in [4.69, 9.17) is 4.74 Å². The van der Waals surface area contributed by atoms with Gasteiger partial charge < -0.3 is 10.1 Å². The molecule has 1 aromatic carbocycles. The fraction of sp³-hybridized carbons (Fsp3) is 0.333. The zero-order chi connectivity index (χ0) is 13.7. The van der Waals surface area contributed by atoms with E-state index in [1.165, 1.54) is 0 Å². The molecule has 0 fully saturated rings. The molecule has 0 aliphatic carbocycles. The number of nitrogens with one attached hydrogen (secondary N) is 1. The van der Waals surface area contributed by atoms with Crippen LogP contribution in [0.4, 0.5) is 0 Å². The number of rotatable bonds is 5. The number of aromatic nitrogens is 2. The van der Waals surface area contributed by atoms with E-state index in [9.17, 15) is 0 Å². The van der Waals surface area contributed by atoms with E-state index in [1.807, 2.05) is 45.2 Å². The summed E-state index contributed by atoms with van der Waals surface area (Å²) in [4.78, 5) is 8.25. The molecule has 0 radical (unpaired) electrons. The molecule has 1 heterocycles. The normalized spacial score (nSPS) is 12.4. The van der Waals surface area contributed by atoms with E-state index in [2.05, 4.69) is 21.4 Å². The van der Waals surface area contributed by atoms with Gasteiger partial charge in [0.2, 0.25) is 0 Å². The quantitative estimate of drug-likeness (QED) is 0.894. The molecule has 0 saturated heterocycles. The first-order chi connectivity index (χ1) is 9.20. The number of ether oxygens (including phenoxy) is 1. The lowest BCUT2D eigenvalue weighted by atomic mass is 10.0. The Morgan fingerprint density at radius 2 is 2.05 bits per heavy atom. The summed E-state index contributed by atoms with van der Waals surface area (Å²) in [5.41, 5.74) is 2.07. The van der Waals surface area contributed by atoms with E-state index in [0.29, 0.717) is 0 Å². The van der Waals surface area contributed by atoms with Crippen LogP contribution < -0.4 is 10.1 Å². The summed E-state index contributed by atoms with van der Waals surface area (Å²) in [7, 11) is 1.92. The highest BCUT2D eigenvalue weighted by atomic mass is 16.5. The molecule has 2 aromatic rings. The Hall–Kier alpha value is -1.94. The van der Waals surface area contributed by atoms with Crippen LogP contribution in [0.5, 0.6) is 5.75 Å². The lowest BCUT2D eigenvalue weighted by Gasteiger charge is -2.17. The van der Waals surface area contributed by atoms with Crippen LogP contribution in [0.3, 0.4) is 0 Å². The van der Waals surface area contributed by atoms with Crippen molar-refractivity contribution in [1.82, 2.24) is 15.3 Å². The summed E-state index contributed by atoms with van der Waals surface area (Å²) in [6, 6.07) is 10.0. The van der Waals surface area contributed by atoms with Crippen LogP contribution in [-0.2, 0) is 0 Å². The summed E-state index contributed by atoms with van der Waals surface area (Å²) < 4.78 is 5.72. The molecule has 2 rings (SSSR count). The van der Waals surface area contributed by atoms with Gasteiger partial charge in [-0.15, -0.1) is 0 Å². The molecule has 4 nitrogen and oxygen atoms in total. The van der Waals surface area contributed by atoms with Crippen molar-refractivity contribution >= 4 is 0 Å². The minimum absolute atomic E-state index is 0.0405. The van der Waals surface area contributed by atoms with E-state index in [-0.39, 0.29) is 12.1 Å². The summed E-state index contributed by atoms with van der Waals surface area (Å²) in [6.45, 7) is 4.04. The molecule has 1 aromatic heterocycles. The fourth-order valence-corrected chi connectivity index (χ4v) is 2.00. The topological polar surface area (TPSA) is 47.0 Å². The SMILES string of the molecule is CNC(c1cccc(OC(C)C)c1)c1ccncn1. The minimum Gasteiger partial charge on any atom is -0.491 e. The molecule has 19 heavy (non-hydrogen) atoms. The summed E-state index contributed by atoms with van der Waals surface area (Å²) >= 11 is 0. The average Bonchev–Trinajstić information content (AvgIpc) is 2.40. The van der Waals surface area contributed by atoms with Gasteiger partial charge in [-0.05, 0) is 44.7 Å². The second-order valence-corrected chi connectivity index (χ2v) is 4.60. The van der Waals surface area contributed by atoms with Crippen LogP contribution in [-0.4, -0.2) is 23.1 Å². The first kappa shape index (κ1) is 13.5. The van der Waals surface area contributed by atoms with Gasteiger partial charge >= 0.3 is 0 Å². The molecule has 100 valence electrons. The third kappa shape index (κ3) is 3.51. The van der Waals surface area contributed by atoms with Crippen molar-refractivity contribution in [1.29, 1.82) is 0 Å². The molecule has 0 saturated carbocycles. The van der Waals surface area contributed by atoms with Crippen LogP contribution in [0.1, 0.15) is 31.1 Å². The molecular formula is C15H19N3O. The Balaban J connectivity index is 2.28. The van der Waals surface area contributed by atoms with Crippen molar-refractivity contribution in [2.45, 2.75) is 26.0 Å². The van der Waals surface area contributed by atoms with Crippen LogP contribution >= 0.6 is 0 Å². The lowest BCUT2D eigenvalue weighted by molar-refractivity contribution is 0.242. The fourth-order valence-electron chi connectivity index (χ4n) is 2.00. The van der Waals surface area contributed by atoms with Gasteiger partial charge in [-0.2, -0.15) is 0 Å². The molecule has 0 amide bonds. The van der Waals surface area contributed by atoms with E-state index in [1.54, 1.807) is 12.5 Å². The molecule has 4 heteroatoms. The lowest BCUT2D eigenvalue weighted by Crippen LogP contribution is -2.19. The van der Waals surface area contributed by atoms with Crippen molar-refractivity contribution in [3.8, 4) is 5.75 Å². The molecule has 0 aliphatic rings. The van der Waals surface area contributed by atoms with Crippen molar-refractivity contribution in [2.24, 2.45) is 0 Å². The predicted molar refractivity (Wildman–Crippen MR) is 75.1 cm³/mol. The van der Waals surface area contributed by atoms with Crippen LogP contribution in [0.2, 0.25) is 0 Å². The molecule has 0 aliphatic heterocycles. The standard InChI is InChI=1S/C15H19N3O/c1-11(2)19-13-6-4-5-12(9-13)15(16-3)14-7-8-17-10-18-14/h4-11,15-16H,1-3H3. The van der Waals surface area contributed by atoms with Gasteiger partial charge in [0.1, 0.15) is 12.1 Å². The number of nitrogens with zero attached hydrogens (tertiary/aromatic N) is 2. The van der Waals surface area contributed by atoms with Gasteiger partial charge in [0.25, 0.3) is 0 Å². The van der Waals surface area contributed by atoms with Crippen molar-refractivity contribution in [2.75, 3.05) is 7.05 Å². The average molecular weight is 257 g/mol. The van der Waals surface area contributed by atoms with Gasteiger partial charge in [0, 0.05) is 6.20 Å². The maximum Gasteiger partial charge on any atom is 0.120 e. The first-order valence-electron chi connectivity index (χ1n) is 6.40. The van der Waals surface area contributed by atoms with Gasteiger partial charge in [-0.1, -0.05) is 12.1 Å². The van der Waals surface area contributed by atoms with Crippen molar-refractivity contribution in [3.05, 3.63) is 54.1 Å². The van der Waals surface area contributed by atoms with Gasteiger partial charge in [0.15, 0.2) is 0 Å². The van der Waals surface area contributed by atoms with Crippen LogP contribution in [0.15, 0.2) is 42.9 Å². The molecule has 1 N–H and O–H groups in total. The maximum absolute atomic E-state index is 5.72. The molecule has 1 unspecified atom stereocenters. The Kier molecular flexibility index (Phi) is 4.47. The third-order valence-corrected chi connectivity index (χ3v) is 2.75. The zero-order valence-electron chi connectivity index (χ0n) is 11.5. The van der Waals surface area contributed by atoms with Crippen LogP contribution in [0.25, 0.3) is 0 Å².